The van der Waals surface area contributed by atoms with Gasteiger partial charge in [-0.3, -0.25) is 14.2 Å². The predicted molar refractivity (Wildman–Crippen MR) is 92.4 cm³/mol. The molecule has 4 aromatic rings. The Morgan fingerprint density at radius 3 is 2.33 bits per heavy atom. The van der Waals surface area contributed by atoms with Gasteiger partial charge in [-0.05, 0) is 12.1 Å². The molecule has 0 aliphatic carbocycles. The summed E-state index contributed by atoms with van der Waals surface area (Å²) in [6.07, 6.45) is 5.52. The highest BCUT2D eigenvalue weighted by atomic mass is 16.1. The summed E-state index contributed by atoms with van der Waals surface area (Å²) in [6, 6.07) is 17.2. The van der Waals surface area contributed by atoms with Gasteiger partial charge in [-0.15, -0.1) is 0 Å². The van der Waals surface area contributed by atoms with E-state index < -0.39 is 5.91 Å². The van der Waals surface area contributed by atoms with E-state index in [1.165, 1.54) is 0 Å². The van der Waals surface area contributed by atoms with Gasteiger partial charge in [-0.2, -0.15) is 0 Å². The zero-order chi connectivity index (χ0) is 16.5. The number of nitrogens with two attached hydrogens (primary N) is 1. The molecule has 116 valence electrons. The first-order valence-electron chi connectivity index (χ1n) is 7.51. The Morgan fingerprint density at radius 1 is 0.875 bits per heavy atom. The van der Waals surface area contributed by atoms with Gasteiger partial charge in [-0.25, -0.2) is 4.98 Å². The second-order valence-electron chi connectivity index (χ2n) is 5.45. The molecular weight excluding hydrogens is 300 g/mol. The number of nitrogens with zero attached hydrogens (tertiary/aromatic N) is 3. The smallest absolute Gasteiger partial charge is 0.248 e. The molecule has 4 rings (SSSR count). The van der Waals surface area contributed by atoms with E-state index >= 15 is 0 Å². The van der Waals surface area contributed by atoms with Crippen molar-refractivity contribution in [2.75, 3.05) is 0 Å². The lowest BCUT2D eigenvalue weighted by atomic mass is 10.1. The first kappa shape index (κ1) is 14.1. The molecule has 0 unspecified atom stereocenters. The first-order chi connectivity index (χ1) is 11.7. The van der Waals surface area contributed by atoms with Crippen LogP contribution in [0.25, 0.3) is 28.2 Å². The predicted octanol–water partition coefficient (Wildman–Crippen LogP) is 3.16. The van der Waals surface area contributed by atoms with Gasteiger partial charge in [0.25, 0.3) is 0 Å². The third-order valence-electron chi connectivity index (χ3n) is 3.93. The molecule has 0 bridgehead atoms. The number of carbonyl (C=O) groups excluding carboxylic acids is 1. The molecule has 0 radical (unpaired) electrons. The topological polar surface area (TPSA) is 73.3 Å². The van der Waals surface area contributed by atoms with E-state index in [4.69, 9.17) is 5.73 Å². The van der Waals surface area contributed by atoms with E-state index in [9.17, 15) is 4.79 Å². The van der Waals surface area contributed by atoms with Gasteiger partial charge in [0.2, 0.25) is 5.91 Å². The van der Waals surface area contributed by atoms with E-state index in [1.54, 1.807) is 24.5 Å². The summed E-state index contributed by atoms with van der Waals surface area (Å²) in [5, 5.41) is 0. The van der Waals surface area contributed by atoms with E-state index in [0.717, 1.165) is 28.2 Å². The van der Waals surface area contributed by atoms with Crippen LogP contribution in [0.5, 0.6) is 0 Å². The normalized spacial score (nSPS) is 10.8. The van der Waals surface area contributed by atoms with E-state index in [-0.39, 0.29) is 0 Å². The molecule has 5 nitrogen and oxygen atoms in total. The van der Waals surface area contributed by atoms with Gasteiger partial charge in [0.15, 0.2) is 5.65 Å². The number of benzene rings is 2. The average Bonchev–Trinajstić information content (AvgIpc) is 3.05. The van der Waals surface area contributed by atoms with Gasteiger partial charge in [0.05, 0.1) is 23.8 Å². The molecule has 1 amide bonds. The van der Waals surface area contributed by atoms with Crippen LogP contribution < -0.4 is 5.73 Å². The maximum Gasteiger partial charge on any atom is 0.248 e. The zero-order valence-electron chi connectivity index (χ0n) is 12.8. The molecule has 2 heterocycles. The monoisotopic (exact) mass is 314 g/mol. The third kappa shape index (κ3) is 2.42. The maximum atomic E-state index is 11.2. The Labute approximate surface area is 138 Å². The van der Waals surface area contributed by atoms with Crippen LogP contribution in [0.2, 0.25) is 0 Å². The first-order valence-corrected chi connectivity index (χ1v) is 7.51. The Balaban J connectivity index is 1.83. The summed E-state index contributed by atoms with van der Waals surface area (Å²) >= 11 is 0. The third-order valence-corrected chi connectivity index (χ3v) is 3.93. The quantitative estimate of drug-likeness (QED) is 0.631. The Kier molecular flexibility index (Phi) is 3.31. The lowest BCUT2D eigenvalue weighted by Crippen LogP contribution is -2.10. The number of amides is 1. The second-order valence-corrected chi connectivity index (χ2v) is 5.45. The van der Waals surface area contributed by atoms with Crippen molar-refractivity contribution in [3.8, 4) is 22.5 Å². The van der Waals surface area contributed by atoms with Crippen LogP contribution in [-0.2, 0) is 0 Å². The van der Waals surface area contributed by atoms with Crippen LogP contribution in [0.1, 0.15) is 10.4 Å². The van der Waals surface area contributed by atoms with Crippen molar-refractivity contribution < 1.29 is 4.79 Å². The molecule has 2 aromatic carbocycles. The summed E-state index contributed by atoms with van der Waals surface area (Å²) in [7, 11) is 0. The highest BCUT2D eigenvalue weighted by Gasteiger charge is 2.09. The molecule has 0 saturated carbocycles. The number of fused-ring (bicyclic) bond motifs is 1. The van der Waals surface area contributed by atoms with Crippen molar-refractivity contribution in [2.24, 2.45) is 5.73 Å². The SMILES string of the molecule is NC(=O)c1ccc(-c2cnc3cnc(-c4ccccc4)cn23)cc1. The average molecular weight is 314 g/mol. The summed E-state index contributed by atoms with van der Waals surface area (Å²) in [6.45, 7) is 0. The molecule has 0 aliphatic heterocycles. The lowest BCUT2D eigenvalue weighted by molar-refractivity contribution is 0.100. The Bertz CT molecular complexity index is 1020. The molecule has 0 fully saturated rings. The molecule has 5 heteroatoms. The van der Waals surface area contributed by atoms with Crippen LogP contribution in [0, 0.1) is 0 Å². The summed E-state index contributed by atoms with van der Waals surface area (Å²) in [5.41, 5.74) is 10.3. The molecule has 0 atom stereocenters. The molecule has 2 N–H and O–H groups in total. The van der Waals surface area contributed by atoms with Crippen molar-refractivity contribution in [1.29, 1.82) is 0 Å². The number of hydrogen-bond donors (Lipinski definition) is 1. The van der Waals surface area contributed by atoms with Gasteiger partial charge in [0.1, 0.15) is 0 Å². The van der Waals surface area contributed by atoms with Crippen molar-refractivity contribution in [3.63, 3.8) is 0 Å². The number of carbonyl (C=O) groups is 1. The maximum absolute atomic E-state index is 11.2. The van der Waals surface area contributed by atoms with Gasteiger partial charge in [-0.1, -0.05) is 42.5 Å². The number of primary amides is 1. The number of aromatic nitrogens is 3. The molecule has 0 aliphatic rings. The van der Waals surface area contributed by atoms with Crippen LogP contribution >= 0.6 is 0 Å². The molecule has 24 heavy (non-hydrogen) atoms. The van der Waals surface area contributed by atoms with Crippen molar-refractivity contribution >= 4 is 11.6 Å². The molecular formula is C19H14N4O. The van der Waals surface area contributed by atoms with E-state index in [0.29, 0.717) is 5.56 Å². The van der Waals surface area contributed by atoms with Crippen molar-refractivity contribution in [1.82, 2.24) is 14.4 Å². The lowest BCUT2D eigenvalue weighted by Gasteiger charge is -2.05. The minimum atomic E-state index is -0.435. The standard InChI is InChI=1S/C19H14N4O/c20-19(24)15-8-6-14(7-9-15)17-10-22-18-11-21-16(12-23(17)18)13-4-2-1-3-5-13/h1-12H,(H2,20,24). The van der Waals surface area contributed by atoms with Gasteiger partial charge >= 0.3 is 0 Å². The second kappa shape index (κ2) is 5.62. The fraction of sp³-hybridized carbons (Fsp3) is 0. The number of imidazole rings is 1. The van der Waals surface area contributed by atoms with E-state index in [1.807, 2.05) is 53.1 Å². The highest BCUT2D eigenvalue weighted by Crippen LogP contribution is 2.23. The minimum Gasteiger partial charge on any atom is -0.366 e. The molecule has 0 spiro atoms. The van der Waals surface area contributed by atoms with Crippen LogP contribution in [0.3, 0.4) is 0 Å². The molecule has 2 aromatic heterocycles. The van der Waals surface area contributed by atoms with Crippen LogP contribution in [0.15, 0.2) is 73.2 Å². The fourth-order valence-corrected chi connectivity index (χ4v) is 2.67. The minimum absolute atomic E-state index is 0.435. The van der Waals surface area contributed by atoms with Crippen LogP contribution in [0.4, 0.5) is 0 Å². The van der Waals surface area contributed by atoms with Gasteiger partial charge < -0.3 is 5.73 Å². The highest BCUT2D eigenvalue weighted by molar-refractivity contribution is 5.93. The summed E-state index contributed by atoms with van der Waals surface area (Å²) < 4.78 is 1.99. The summed E-state index contributed by atoms with van der Waals surface area (Å²) in [5.74, 6) is -0.435. The van der Waals surface area contributed by atoms with Gasteiger partial charge in [0, 0.05) is 22.9 Å². The van der Waals surface area contributed by atoms with Crippen molar-refractivity contribution in [2.45, 2.75) is 0 Å². The zero-order valence-corrected chi connectivity index (χ0v) is 12.8. The largest absolute Gasteiger partial charge is 0.366 e. The number of hydrogen-bond acceptors (Lipinski definition) is 3. The van der Waals surface area contributed by atoms with E-state index in [2.05, 4.69) is 9.97 Å². The fourth-order valence-electron chi connectivity index (χ4n) is 2.67. The summed E-state index contributed by atoms with van der Waals surface area (Å²) in [4.78, 5) is 20.1. The van der Waals surface area contributed by atoms with Crippen LogP contribution in [-0.4, -0.2) is 20.3 Å². The Hall–Kier alpha value is -3.47. The molecule has 0 saturated heterocycles. The Morgan fingerprint density at radius 2 is 1.62 bits per heavy atom. The number of rotatable bonds is 3. The van der Waals surface area contributed by atoms with Crippen molar-refractivity contribution in [3.05, 3.63) is 78.8 Å².